The van der Waals surface area contributed by atoms with Crippen LogP contribution in [0.1, 0.15) is 22.3 Å². The van der Waals surface area contributed by atoms with Crippen molar-refractivity contribution in [2.75, 3.05) is 40.3 Å². The van der Waals surface area contributed by atoms with Crippen molar-refractivity contribution in [2.45, 2.75) is 12.8 Å². The van der Waals surface area contributed by atoms with E-state index in [-0.39, 0.29) is 11.9 Å². The van der Waals surface area contributed by atoms with Gasteiger partial charge in [0.2, 0.25) is 5.91 Å². The van der Waals surface area contributed by atoms with Gasteiger partial charge in [0.15, 0.2) is 0 Å². The van der Waals surface area contributed by atoms with Crippen LogP contribution >= 0.6 is 0 Å². The predicted octanol–water partition coefficient (Wildman–Crippen LogP) is 3.40. The highest BCUT2D eigenvalue weighted by Crippen LogP contribution is 2.30. The highest BCUT2D eigenvalue weighted by molar-refractivity contribution is 5.96. The van der Waals surface area contributed by atoms with Gasteiger partial charge < -0.3 is 14.5 Å². The summed E-state index contributed by atoms with van der Waals surface area (Å²) in [5.41, 5.74) is 4.53. The van der Waals surface area contributed by atoms with Gasteiger partial charge in [0.25, 0.3) is 0 Å². The number of aromatic nitrogens is 1. The van der Waals surface area contributed by atoms with E-state index in [2.05, 4.69) is 35.1 Å². The molecule has 0 N–H and O–H groups in total. The van der Waals surface area contributed by atoms with Crippen LogP contribution < -0.4 is 0 Å². The molecule has 0 spiro atoms. The molecule has 1 aliphatic rings. The zero-order valence-electron chi connectivity index (χ0n) is 18.0. The first-order valence-corrected chi connectivity index (χ1v) is 10.6. The second-order valence-corrected chi connectivity index (χ2v) is 7.92. The molecule has 0 aliphatic carbocycles. The fourth-order valence-electron chi connectivity index (χ4n) is 4.04. The van der Waals surface area contributed by atoms with Crippen LogP contribution in [0.4, 0.5) is 0 Å². The number of rotatable bonds is 5. The summed E-state index contributed by atoms with van der Waals surface area (Å²) in [6.45, 7) is 3.47. The fraction of sp³-hybridized carbons (Fsp3) is 0.320. The summed E-state index contributed by atoms with van der Waals surface area (Å²) >= 11 is 0. The van der Waals surface area contributed by atoms with Gasteiger partial charge in [-0.2, -0.15) is 0 Å². The Morgan fingerprint density at radius 1 is 1.00 bits per heavy atom. The molecule has 4 rings (SSSR count). The molecule has 1 amide bonds. The van der Waals surface area contributed by atoms with Crippen molar-refractivity contribution >= 4 is 22.8 Å². The Morgan fingerprint density at radius 3 is 2.45 bits per heavy atom. The smallest absolute Gasteiger partial charge is 0.337 e. The molecule has 1 saturated heterocycles. The third kappa shape index (κ3) is 4.59. The molecule has 31 heavy (non-hydrogen) atoms. The van der Waals surface area contributed by atoms with Crippen molar-refractivity contribution in [3.63, 3.8) is 0 Å². The molecule has 0 atom stereocenters. The van der Waals surface area contributed by atoms with Gasteiger partial charge in [0.05, 0.1) is 18.2 Å². The molecule has 2 aromatic carbocycles. The lowest BCUT2D eigenvalue weighted by Gasteiger charge is -2.32. The monoisotopic (exact) mass is 417 g/mol. The largest absolute Gasteiger partial charge is 0.465 e. The van der Waals surface area contributed by atoms with Crippen molar-refractivity contribution in [1.82, 2.24) is 14.8 Å². The van der Waals surface area contributed by atoms with Crippen molar-refractivity contribution < 1.29 is 14.3 Å². The lowest BCUT2D eigenvalue weighted by molar-refractivity contribution is -0.132. The van der Waals surface area contributed by atoms with Crippen LogP contribution in [-0.2, 0) is 16.0 Å². The number of pyridine rings is 1. The lowest BCUT2D eigenvalue weighted by Crippen LogP contribution is -2.47. The maximum absolute atomic E-state index is 12.7. The SMILES string of the molecule is COC(=O)c1ccc(-c2ccc(CCC(=O)N3CCN(C)CC3)c3cccnc23)cc1. The van der Waals surface area contributed by atoms with E-state index in [4.69, 9.17) is 4.74 Å². The lowest BCUT2D eigenvalue weighted by atomic mass is 9.96. The van der Waals surface area contributed by atoms with E-state index in [0.29, 0.717) is 18.4 Å². The van der Waals surface area contributed by atoms with Crippen molar-refractivity contribution in [1.29, 1.82) is 0 Å². The number of likely N-dealkylation sites (N-methyl/N-ethyl adjacent to an activating group) is 1. The van der Waals surface area contributed by atoms with Crippen molar-refractivity contribution in [2.24, 2.45) is 0 Å². The summed E-state index contributed by atoms with van der Waals surface area (Å²) < 4.78 is 4.78. The first kappa shape index (κ1) is 21.0. The maximum atomic E-state index is 12.7. The van der Waals surface area contributed by atoms with Gasteiger partial charge >= 0.3 is 5.97 Å². The number of esters is 1. The molecule has 0 bridgehead atoms. The molecular weight excluding hydrogens is 390 g/mol. The molecule has 1 aromatic heterocycles. The number of hydrogen-bond acceptors (Lipinski definition) is 5. The first-order chi connectivity index (χ1) is 15.1. The Hall–Kier alpha value is -3.25. The molecule has 6 nitrogen and oxygen atoms in total. The van der Waals surface area contributed by atoms with E-state index in [1.165, 1.54) is 7.11 Å². The van der Waals surface area contributed by atoms with E-state index in [9.17, 15) is 9.59 Å². The standard InChI is InChI=1S/C25H27N3O3/c1-27-14-16-28(17-15-27)23(29)12-10-19-9-11-22(24-21(19)4-3-13-26-24)18-5-7-20(8-6-18)25(30)31-2/h3-9,11,13H,10,12,14-17H2,1-2H3. The molecule has 0 radical (unpaired) electrons. The number of amides is 1. The number of benzene rings is 2. The predicted molar refractivity (Wildman–Crippen MR) is 121 cm³/mol. The summed E-state index contributed by atoms with van der Waals surface area (Å²) in [4.78, 5) is 33.2. The topological polar surface area (TPSA) is 62.7 Å². The zero-order valence-corrected chi connectivity index (χ0v) is 18.0. The minimum Gasteiger partial charge on any atom is -0.465 e. The van der Waals surface area contributed by atoms with E-state index in [1.807, 2.05) is 23.1 Å². The van der Waals surface area contributed by atoms with Crippen LogP contribution in [-0.4, -0.2) is 67.0 Å². The Kier molecular flexibility index (Phi) is 6.28. The zero-order chi connectivity index (χ0) is 21.8. The Bertz CT molecular complexity index is 1090. The summed E-state index contributed by atoms with van der Waals surface area (Å²) in [5, 5.41) is 1.06. The number of ether oxygens (including phenoxy) is 1. The van der Waals surface area contributed by atoms with Crippen LogP contribution in [0.5, 0.6) is 0 Å². The summed E-state index contributed by atoms with van der Waals surface area (Å²) in [6.07, 6.45) is 2.98. The Morgan fingerprint density at radius 2 is 1.74 bits per heavy atom. The van der Waals surface area contributed by atoms with E-state index < -0.39 is 0 Å². The Balaban J connectivity index is 1.55. The number of carbonyl (C=O) groups excluding carboxylic acids is 2. The molecule has 2 heterocycles. The molecule has 1 fully saturated rings. The van der Waals surface area contributed by atoms with E-state index in [0.717, 1.165) is 53.8 Å². The third-order valence-electron chi connectivity index (χ3n) is 5.94. The second-order valence-electron chi connectivity index (χ2n) is 7.92. The average molecular weight is 418 g/mol. The molecule has 6 heteroatoms. The van der Waals surface area contributed by atoms with Gasteiger partial charge in [0.1, 0.15) is 0 Å². The normalized spacial score (nSPS) is 14.6. The van der Waals surface area contributed by atoms with Crippen molar-refractivity contribution in [3.8, 4) is 11.1 Å². The van der Waals surface area contributed by atoms with Crippen LogP contribution in [0.25, 0.3) is 22.0 Å². The van der Waals surface area contributed by atoms with Crippen LogP contribution in [0, 0.1) is 0 Å². The number of carbonyl (C=O) groups is 2. The quantitative estimate of drug-likeness (QED) is 0.596. The molecule has 1 aliphatic heterocycles. The molecular formula is C25H27N3O3. The van der Waals surface area contributed by atoms with Gasteiger partial charge in [-0.1, -0.05) is 30.3 Å². The van der Waals surface area contributed by atoms with Gasteiger partial charge in [-0.3, -0.25) is 9.78 Å². The maximum Gasteiger partial charge on any atom is 0.337 e. The number of methoxy groups -OCH3 is 1. The highest BCUT2D eigenvalue weighted by Gasteiger charge is 2.19. The molecule has 3 aromatic rings. The second kappa shape index (κ2) is 9.27. The van der Waals surface area contributed by atoms with E-state index >= 15 is 0 Å². The van der Waals surface area contributed by atoms with Gasteiger partial charge in [0, 0.05) is 49.7 Å². The van der Waals surface area contributed by atoms with Crippen LogP contribution in [0.15, 0.2) is 54.7 Å². The Labute approximate surface area is 182 Å². The minimum atomic E-state index is -0.352. The third-order valence-corrected chi connectivity index (χ3v) is 5.94. The average Bonchev–Trinajstić information content (AvgIpc) is 2.82. The molecule has 160 valence electrons. The summed E-state index contributed by atoms with van der Waals surface area (Å²) in [7, 11) is 3.46. The van der Waals surface area contributed by atoms with Gasteiger partial charge in [-0.25, -0.2) is 4.79 Å². The van der Waals surface area contributed by atoms with Gasteiger partial charge in [-0.15, -0.1) is 0 Å². The molecule has 0 saturated carbocycles. The number of piperazine rings is 1. The molecule has 0 unspecified atom stereocenters. The van der Waals surface area contributed by atoms with Crippen molar-refractivity contribution in [3.05, 3.63) is 65.9 Å². The van der Waals surface area contributed by atoms with Gasteiger partial charge in [-0.05, 0) is 42.8 Å². The highest BCUT2D eigenvalue weighted by atomic mass is 16.5. The fourth-order valence-corrected chi connectivity index (χ4v) is 4.04. The number of nitrogens with zero attached hydrogens (tertiary/aromatic N) is 3. The number of hydrogen-bond donors (Lipinski definition) is 0. The summed E-state index contributed by atoms with van der Waals surface area (Å²) in [5.74, 6) is -0.137. The first-order valence-electron chi connectivity index (χ1n) is 10.6. The minimum absolute atomic E-state index is 0.215. The number of fused-ring (bicyclic) bond motifs is 1. The number of aryl methyl sites for hydroxylation is 1. The summed E-state index contributed by atoms with van der Waals surface area (Å²) in [6, 6.07) is 15.5. The van der Waals surface area contributed by atoms with Crippen LogP contribution in [0.3, 0.4) is 0 Å². The van der Waals surface area contributed by atoms with Crippen LogP contribution in [0.2, 0.25) is 0 Å². The van der Waals surface area contributed by atoms with E-state index in [1.54, 1.807) is 18.3 Å².